The van der Waals surface area contributed by atoms with Crippen LogP contribution >= 0.6 is 0 Å². The van der Waals surface area contributed by atoms with Crippen LogP contribution in [0.15, 0.2) is 68.6 Å². The topological polar surface area (TPSA) is 74.1 Å². The van der Waals surface area contributed by atoms with Crippen molar-refractivity contribution in [1.82, 2.24) is 13.7 Å². The molecule has 0 aliphatic carbocycles. The molecule has 2 aromatic carbocycles. The summed E-state index contributed by atoms with van der Waals surface area (Å²) in [5.74, 6) is 1.52. The number of nitrogens with one attached hydrogen (secondary N) is 1. The average Bonchev–Trinajstić information content (AvgIpc) is 3.48. The number of benzene rings is 2. The second-order valence-electron chi connectivity index (χ2n) is 9.54. The Kier molecular flexibility index (Phi) is 4.86. The number of fused-ring (bicyclic) bond motifs is 5. The van der Waals surface area contributed by atoms with E-state index in [1.54, 1.807) is 11.6 Å². The van der Waals surface area contributed by atoms with E-state index in [0.29, 0.717) is 10.9 Å². The average molecular weight is 481 g/mol. The van der Waals surface area contributed by atoms with E-state index in [9.17, 15) is 9.59 Å². The van der Waals surface area contributed by atoms with E-state index in [0.717, 1.165) is 46.3 Å². The van der Waals surface area contributed by atoms with Crippen LogP contribution in [0.2, 0.25) is 0 Å². The van der Waals surface area contributed by atoms with Crippen LogP contribution in [0, 0.1) is 13.8 Å². The Morgan fingerprint density at radius 1 is 0.972 bits per heavy atom. The molecule has 0 saturated heterocycles. The number of anilines is 1. The lowest BCUT2D eigenvalue weighted by atomic mass is 9.99. The summed E-state index contributed by atoms with van der Waals surface area (Å²) in [7, 11) is 3.26. The fourth-order valence-electron chi connectivity index (χ4n) is 5.54. The molecule has 5 aromatic rings. The first-order chi connectivity index (χ1) is 17.3. The van der Waals surface area contributed by atoms with Crippen LogP contribution in [0.4, 0.5) is 5.69 Å². The molecule has 1 atom stereocenters. The van der Waals surface area contributed by atoms with Gasteiger partial charge >= 0.3 is 5.69 Å². The van der Waals surface area contributed by atoms with Crippen LogP contribution < -0.4 is 16.6 Å². The minimum absolute atomic E-state index is 0.313. The Morgan fingerprint density at radius 3 is 2.39 bits per heavy atom. The monoisotopic (exact) mass is 480 g/mol. The van der Waals surface area contributed by atoms with Crippen molar-refractivity contribution in [2.45, 2.75) is 33.2 Å². The van der Waals surface area contributed by atoms with Crippen molar-refractivity contribution in [3.63, 3.8) is 0 Å². The summed E-state index contributed by atoms with van der Waals surface area (Å²) in [4.78, 5) is 26.9. The zero-order valence-electron chi connectivity index (χ0n) is 21.0. The maximum atomic E-state index is 13.7. The minimum atomic E-state index is -0.392. The molecule has 1 aliphatic heterocycles. The smallest absolute Gasteiger partial charge is 0.331 e. The molecule has 0 spiro atoms. The van der Waals surface area contributed by atoms with Crippen molar-refractivity contribution >= 4 is 16.6 Å². The number of furan rings is 1. The van der Waals surface area contributed by atoms with Crippen LogP contribution in [0.5, 0.6) is 0 Å². The molecule has 7 heteroatoms. The van der Waals surface area contributed by atoms with E-state index in [2.05, 4.69) is 35.9 Å². The van der Waals surface area contributed by atoms with E-state index < -0.39 is 6.04 Å². The van der Waals surface area contributed by atoms with E-state index in [-0.39, 0.29) is 11.2 Å². The van der Waals surface area contributed by atoms with Crippen molar-refractivity contribution < 1.29 is 4.42 Å². The van der Waals surface area contributed by atoms with Gasteiger partial charge in [-0.25, -0.2) is 4.79 Å². The van der Waals surface area contributed by atoms with Gasteiger partial charge in [-0.2, -0.15) is 0 Å². The van der Waals surface area contributed by atoms with Gasteiger partial charge in [-0.15, -0.1) is 0 Å². The van der Waals surface area contributed by atoms with Gasteiger partial charge in [0.05, 0.1) is 33.7 Å². The van der Waals surface area contributed by atoms with Crippen LogP contribution in [0.1, 0.15) is 41.3 Å². The van der Waals surface area contributed by atoms with E-state index in [1.807, 2.05) is 49.4 Å². The lowest BCUT2D eigenvalue weighted by Gasteiger charge is -2.31. The highest BCUT2D eigenvalue weighted by Gasteiger charge is 2.36. The largest absolute Gasteiger partial charge is 0.464 e. The molecule has 182 valence electrons. The molecule has 7 nitrogen and oxygen atoms in total. The van der Waals surface area contributed by atoms with Gasteiger partial charge in [0.1, 0.15) is 17.6 Å². The highest BCUT2D eigenvalue weighted by Crippen LogP contribution is 2.46. The molecule has 4 heterocycles. The summed E-state index contributed by atoms with van der Waals surface area (Å²) in [5.41, 5.74) is 6.76. The fourth-order valence-corrected chi connectivity index (χ4v) is 5.54. The van der Waals surface area contributed by atoms with Crippen molar-refractivity contribution in [2.75, 3.05) is 5.32 Å². The summed E-state index contributed by atoms with van der Waals surface area (Å²) < 4.78 is 11.0. The molecule has 0 radical (unpaired) electrons. The number of hydrogen-bond donors (Lipinski definition) is 1. The second kappa shape index (κ2) is 7.88. The molecule has 0 amide bonds. The Bertz CT molecular complexity index is 1780. The van der Waals surface area contributed by atoms with Crippen LogP contribution in [0.25, 0.3) is 27.8 Å². The first-order valence-corrected chi connectivity index (χ1v) is 12.2. The third-order valence-corrected chi connectivity index (χ3v) is 7.35. The Balaban J connectivity index is 1.87. The predicted molar refractivity (Wildman–Crippen MR) is 142 cm³/mol. The summed E-state index contributed by atoms with van der Waals surface area (Å²) in [6, 6.07) is 17.8. The maximum Gasteiger partial charge on any atom is 0.331 e. The quantitative estimate of drug-likeness (QED) is 0.395. The second-order valence-corrected chi connectivity index (χ2v) is 9.54. The van der Waals surface area contributed by atoms with Gasteiger partial charge in [0, 0.05) is 14.1 Å². The van der Waals surface area contributed by atoms with Crippen molar-refractivity contribution in [3.8, 4) is 16.9 Å². The maximum absolute atomic E-state index is 13.7. The molecule has 0 fully saturated rings. The number of aromatic nitrogens is 3. The zero-order chi connectivity index (χ0) is 25.3. The zero-order valence-corrected chi connectivity index (χ0v) is 21.0. The van der Waals surface area contributed by atoms with Gasteiger partial charge in [-0.3, -0.25) is 13.9 Å². The molecule has 0 saturated carbocycles. The highest BCUT2D eigenvalue weighted by molar-refractivity contribution is 5.99. The molecule has 1 N–H and O–H groups in total. The van der Waals surface area contributed by atoms with Gasteiger partial charge in [-0.1, -0.05) is 37.3 Å². The van der Waals surface area contributed by atoms with E-state index in [1.165, 1.54) is 22.7 Å². The Morgan fingerprint density at radius 2 is 1.72 bits per heavy atom. The molecule has 1 unspecified atom stereocenters. The summed E-state index contributed by atoms with van der Waals surface area (Å²) >= 11 is 0. The Labute approximate surface area is 208 Å². The normalized spacial score (nSPS) is 14.5. The molecule has 36 heavy (non-hydrogen) atoms. The van der Waals surface area contributed by atoms with Crippen LogP contribution in [0.3, 0.4) is 0 Å². The summed E-state index contributed by atoms with van der Waals surface area (Å²) in [6.45, 7) is 6.17. The van der Waals surface area contributed by atoms with Crippen molar-refractivity contribution in [3.05, 3.63) is 104 Å². The van der Waals surface area contributed by atoms with Gasteiger partial charge in [0.25, 0.3) is 5.56 Å². The number of nitrogens with zero attached hydrogens (tertiary/aromatic N) is 3. The number of hydrogen-bond acceptors (Lipinski definition) is 4. The highest BCUT2D eigenvalue weighted by atomic mass is 16.3. The third-order valence-electron chi connectivity index (χ3n) is 7.35. The van der Waals surface area contributed by atoms with E-state index >= 15 is 0 Å². The van der Waals surface area contributed by atoms with Gasteiger partial charge in [-0.05, 0) is 61.2 Å². The van der Waals surface area contributed by atoms with Gasteiger partial charge in [0.15, 0.2) is 0 Å². The first-order valence-electron chi connectivity index (χ1n) is 12.2. The lowest BCUT2D eigenvalue weighted by Crippen LogP contribution is -2.37. The predicted octanol–water partition coefficient (Wildman–Crippen LogP) is 4.98. The van der Waals surface area contributed by atoms with Gasteiger partial charge < -0.3 is 14.3 Å². The van der Waals surface area contributed by atoms with E-state index in [4.69, 9.17) is 4.42 Å². The lowest BCUT2D eigenvalue weighted by molar-refractivity contribution is 0.469. The molecular weight excluding hydrogens is 452 g/mol. The van der Waals surface area contributed by atoms with Crippen molar-refractivity contribution in [1.29, 1.82) is 0 Å². The molecule has 1 aliphatic rings. The Hall–Kier alpha value is -4.26. The molecule has 3 aromatic heterocycles. The van der Waals surface area contributed by atoms with Crippen LogP contribution in [-0.2, 0) is 20.5 Å². The SMILES string of the molecule is CCc1cc2c(cc1C)-n1c(-c3ccccc3)c3c(=O)n(C)c(=O)n(C)c3c1C(c1ccc(C)o1)N2. The summed E-state index contributed by atoms with van der Waals surface area (Å²) in [6.07, 6.45) is 0.909. The first kappa shape index (κ1) is 22.2. The summed E-state index contributed by atoms with van der Waals surface area (Å²) in [5, 5.41) is 4.20. The van der Waals surface area contributed by atoms with Crippen molar-refractivity contribution in [2.24, 2.45) is 14.1 Å². The minimum Gasteiger partial charge on any atom is -0.464 e. The molecule has 6 rings (SSSR count). The molecule has 0 bridgehead atoms. The molecular formula is C29H28N4O3. The van der Waals surface area contributed by atoms with Crippen LogP contribution in [-0.4, -0.2) is 13.7 Å². The van der Waals surface area contributed by atoms with Gasteiger partial charge in [0.2, 0.25) is 0 Å². The standard InChI is InChI=1S/C29H28N4O3/c1-6-18-15-20-21(14-16(18)2)33-25(19-10-8-7-9-11-19)23-26(31(4)29(35)32(5)28(23)34)27(33)24(30-20)22-13-12-17(3)36-22/h7-15,24,30H,6H2,1-5H3. The number of rotatable bonds is 3. The third kappa shape index (κ3) is 2.98. The fraction of sp³-hybridized carbons (Fsp3) is 0.241. The number of aryl methyl sites for hydroxylation is 4.